The van der Waals surface area contributed by atoms with Crippen molar-refractivity contribution in [2.24, 2.45) is 0 Å². The topological polar surface area (TPSA) is 84.9 Å². The molecule has 2 atom stereocenters. The largest absolute Gasteiger partial charge is 0.484 e. The fourth-order valence-corrected chi connectivity index (χ4v) is 3.27. The third kappa shape index (κ3) is 6.11. The van der Waals surface area contributed by atoms with Gasteiger partial charge in [0.25, 0.3) is 11.8 Å². The second-order valence-electron chi connectivity index (χ2n) is 6.91. The van der Waals surface area contributed by atoms with E-state index in [1.165, 1.54) is 18.2 Å². The van der Waals surface area contributed by atoms with Crippen LogP contribution in [-0.2, 0) is 14.3 Å². The van der Waals surface area contributed by atoms with Crippen LogP contribution in [0, 0.1) is 0 Å². The predicted molar refractivity (Wildman–Crippen MR) is 105 cm³/mol. The van der Waals surface area contributed by atoms with E-state index in [1.807, 2.05) is 4.90 Å². The first-order valence-corrected chi connectivity index (χ1v) is 9.51. The summed E-state index contributed by atoms with van der Waals surface area (Å²) in [7, 11) is 0. The monoisotopic (exact) mass is 388 g/mol. The molecule has 1 aliphatic heterocycles. The molecule has 2 unspecified atom stereocenters. The van der Waals surface area contributed by atoms with Crippen LogP contribution in [0.2, 0.25) is 0 Å². The van der Waals surface area contributed by atoms with Gasteiger partial charge in [0.05, 0.1) is 5.56 Å². The Kier molecular flexibility index (Phi) is 8.04. The highest BCUT2D eigenvalue weighted by Crippen LogP contribution is 2.23. The lowest BCUT2D eigenvalue weighted by molar-refractivity contribution is -0.139. The molecule has 152 valence electrons. The summed E-state index contributed by atoms with van der Waals surface area (Å²) in [5.74, 6) is -0.542. The number of hydrogen-bond donors (Lipinski definition) is 1. The smallest absolute Gasteiger partial charge is 0.338 e. The molecule has 7 heteroatoms. The van der Waals surface area contributed by atoms with Gasteiger partial charge in [-0.15, -0.1) is 6.58 Å². The van der Waals surface area contributed by atoms with Crippen molar-refractivity contribution in [1.29, 1.82) is 0 Å². The number of nitrogens with one attached hydrogen (secondary N) is 1. The number of rotatable bonds is 8. The summed E-state index contributed by atoms with van der Waals surface area (Å²) in [5, 5.41) is 2.52. The molecule has 1 saturated heterocycles. The molecule has 2 rings (SSSR count). The Hall–Kier alpha value is -2.83. The lowest BCUT2D eigenvalue weighted by Crippen LogP contribution is -2.49. The van der Waals surface area contributed by atoms with E-state index < -0.39 is 11.9 Å². The van der Waals surface area contributed by atoms with Gasteiger partial charge in [-0.25, -0.2) is 4.79 Å². The van der Waals surface area contributed by atoms with E-state index in [0.717, 1.165) is 19.3 Å². The minimum absolute atomic E-state index is 0.0336. The SMILES string of the molecule is C=CCNC(=O)COC(=O)c1ccc(OCC(=O)N2C(C)CCCC2C)cc1. The Bertz CT molecular complexity index is 691. The summed E-state index contributed by atoms with van der Waals surface area (Å²) in [5.41, 5.74) is 0.300. The second kappa shape index (κ2) is 10.5. The fourth-order valence-electron chi connectivity index (χ4n) is 3.27. The first kappa shape index (κ1) is 21.5. The highest BCUT2D eigenvalue weighted by molar-refractivity contribution is 5.91. The zero-order chi connectivity index (χ0) is 20.5. The predicted octanol–water partition coefficient (Wildman–Crippen LogP) is 2.31. The van der Waals surface area contributed by atoms with Gasteiger partial charge < -0.3 is 19.7 Å². The quantitative estimate of drug-likeness (QED) is 0.546. The minimum Gasteiger partial charge on any atom is -0.484 e. The molecule has 1 heterocycles. The molecule has 0 aromatic heterocycles. The molecule has 1 aliphatic rings. The standard InChI is InChI=1S/C21H28N2O5/c1-4-12-22-19(24)13-28-21(26)17-8-10-18(11-9-17)27-14-20(25)23-15(2)6-5-7-16(23)3/h4,8-11,15-16H,1,5-7,12-14H2,2-3H3,(H,22,24). The summed E-state index contributed by atoms with van der Waals surface area (Å²) in [6.07, 6.45) is 4.70. The molecule has 7 nitrogen and oxygen atoms in total. The first-order chi connectivity index (χ1) is 13.4. The van der Waals surface area contributed by atoms with E-state index in [4.69, 9.17) is 9.47 Å². The number of likely N-dealkylation sites (tertiary alicyclic amines) is 1. The molecular formula is C21H28N2O5. The molecule has 28 heavy (non-hydrogen) atoms. The van der Waals surface area contributed by atoms with Crippen LogP contribution in [0.4, 0.5) is 0 Å². The molecule has 0 saturated carbocycles. The number of carbonyl (C=O) groups is 3. The van der Waals surface area contributed by atoms with Gasteiger partial charge in [0.2, 0.25) is 0 Å². The minimum atomic E-state index is -0.604. The number of carbonyl (C=O) groups excluding carboxylic acids is 3. The number of benzene rings is 1. The highest BCUT2D eigenvalue weighted by atomic mass is 16.5. The van der Waals surface area contributed by atoms with Crippen LogP contribution in [-0.4, -0.2) is 54.5 Å². The third-order valence-electron chi connectivity index (χ3n) is 4.71. The molecule has 0 aliphatic carbocycles. The molecule has 1 aromatic carbocycles. The molecule has 2 amide bonds. The molecule has 1 fully saturated rings. The maximum absolute atomic E-state index is 12.5. The third-order valence-corrected chi connectivity index (χ3v) is 4.71. The Morgan fingerprint density at radius 3 is 2.39 bits per heavy atom. The molecular weight excluding hydrogens is 360 g/mol. The Morgan fingerprint density at radius 2 is 1.79 bits per heavy atom. The summed E-state index contributed by atoms with van der Waals surface area (Å²) >= 11 is 0. The van der Waals surface area contributed by atoms with Crippen molar-refractivity contribution in [3.8, 4) is 5.75 Å². The van der Waals surface area contributed by atoms with Gasteiger partial charge in [-0.3, -0.25) is 9.59 Å². The number of piperidine rings is 1. The normalized spacial score (nSPS) is 18.9. The summed E-state index contributed by atoms with van der Waals surface area (Å²) in [6.45, 7) is 7.53. The zero-order valence-corrected chi connectivity index (χ0v) is 16.5. The van der Waals surface area contributed by atoms with Gasteiger partial charge in [0, 0.05) is 18.6 Å². The van der Waals surface area contributed by atoms with Crippen molar-refractivity contribution in [2.75, 3.05) is 19.8 Å². The van der Waals surface area contributed by atoms with Crippen molar-refractivity contribution in [3.63, 3.8) is 0 Å². The Morgan fingerprint density at radius 1 is 1.14 bits per heavy atom. The number of nitrogens with zero attached hydrogens (tertiary/aromatic N) is 1. The number of esters is 1. The van der Waals surface area contributed by atoms with E-state index in [0.29, 0.717) is 17.9 Å². The van der Waals surface area contributed by atoms with Crippen LogP contribution >= 0.6 is 0 Å². The average Bonchev–Trinajstić information content (AvgIpc) is 2.69. The maximum Gasteiger partial charge on any atom is 0.338 e. The van der Waals surface area contributed by atoms with Crippen LogP contribution in [0.1, 0.15) is 43.5 Å². The second-order valence-corrected chi connectivity index (χ2v) is 6.91. The molecule has 1 aromatic rings. The van der Waals surface area contributed by atoms with Crippen molar-refractivity contribution in [1.82, 2.24) is 10.2 Å². The molecule has 0 radical (unpaired) electrons. The lowest BCUT2D eigenvalue weighted by atomic mass is 9.97. The summed E-state index contributed by atoms with van der Waals surface area (Å²) in [4.78, 5) is 37.8. The van der Waals surface area contributed by atoms with E-state index in [9.17, 15) is 14.4 Å². The Balaban J connectivity index is 1.82. The molecule has 1 N–H and O–H groups in total. The average molecular weight is 388 g/mol. The summed E-state index contributed by atoms with van der Waals surface area (Å²) < 4.78 is 10.5. The highest BCUT2D eigenvalue weighted by Gasteiger charge is 2.28. The fraction of sp³-hybridized carbons (Fsp3) is 0.476. The molecule has 0 spiro atoms. The van der Waals surface area contributed by atoms with E-state index in [-0.39, 0.29) is 31.2 Å². The number of ether oxygens (including phenoxy) is 2. The van der Waals surface area contributed by atoms with Crippen LogP contribution in [0.15, 0.2) is 36.9 Å². The van der Waals surface area contributed by atoms with Gasteiger partial charge in [-0.05, 0) is 57.4 Å². The van der Waals surface area contributed by atoms with Crippen LogP contribution in [0.5, 0.6) is 5.75 Å². The van der Waals surface area contributed by atoms with Crippen molar-refractivity contribution < 1.29 is 23.9 Å². The van der Waals surface area contributed by atoms with Crippen LogP contribution < -0.4 is 10.1 Å². The van der Waals surface area contributed by atoms with Crippen molar-refractivity contribution in [3.05, 3.63) is 42.5 Å². The van der Waals surface area contributed by atoms with E-state index in [2.05, 4.69) is 25.7 Å². The van der Waals surface area contributed by atoms with Crippen molar-refractivity contribution in [2.45, 2.75) is 45.2 Å². The molecule has 0 bridgehead atoms. The van der Waals surface area contributed by atoms with Gasteiger partial charge >= 0.3 is 5.97 Å². The van der Waals surface area contributed by atoms with E-state index >= 15 is 0 Å². The Labute approximate surface area is 165 Å². The lowest BCUT2D eigenvalue weighted by Gasteiger charge is -2.38. The zero-order valence-electron chi connectivity index (χ0n) is 16.5. The van der Waals surface area contributed by atoms with Gasteiger partial charge in [0.15, 0.2) is 13.2 Å². The summed E-state index contributed by atoms with van der Waals surface area (Å²) in [6, 6.07) is 6.72. The first-order valence-electron chi connectivity index (χ1n) is 9.51. The van der Waals surface area contributed by atoms with E-state index in [1.54, 1.807) is 12.1 Å². The van der Waals surface area contributed by atoms with Gasteiger partial charge in [-0.1, -0.05) is 6.08 Å². The van der Waals surface area contributed by atoms with Crippen LogP contribution in [0.25, 0.3) is 0 Å². The maximum atomic E-state index is 12.5. The van der Waals surface area contributed by atoms with Crippen molar-refractivity contribution >= 4 is 17.8 Å². The number of hydrogen-bond acceptors (Lipinski definition) is 5. The van der Waals surface area contributed by atoms with Gasteiger partial charge in [-0.2, -0.15) is 0 Å². The van der Waals surface area contributed by atoms with Crippen LogP contribution in [0.3, 0.4) is 0 Å². The van der Waals surface area contributed by atoms with Gasteiger partial charge in [0.1, 0.15) is 5.75 Å². The number of amides is 2.